The van der Waals surface area contributed by atoms with Gasteiger partial charge in [-0.25, -0.2) is 4.79 Å². The predicted molar refractivity (Wildman–Crippen MR) is 76.2 cm³/mol. The third kappa shape index (κ3) is 7.70. The summed E-state index contributed by atoms with van der Waals surface area (Å²) in [6.07, 6.45) is 4.45. The summed E-state index contributed by atoms with van der Waals surface area (Å²) in [5.74, 6) is -0.510. The summed E-state index contributed by atoms with van der Waals surface area (Å²) in [5, 5.41) is 11.7. The molecule has 0 spiro atoms. The first-order chi connectivity index (χ1) is 8.92. The number of hydrogen-bond acceptors (Lipinski definition) is 2. The van der Waals surface area contributed by atoms with E-state index in [0.29, 0.717) is 12.5 Å². The second-order valence-electron chi connectivity index (χ2n) is 5.22. The highest BCUT2D eigenvalue weighted by Gasteiger charge is 2.20. The van der Waals surface area contributed by atoms with Gasteiger partial charge in [0.25, 0.3) is 0 Å². The molecule has 0 aliphatic carbocycles. The van der Waals surface area contributed by atoms with Crippen molar-refractivity contribution in [2.45, 2.75) is 59.4 Å². The number of unbranched alkanes of at least 4 members (excludes halogenated alkanes) is 1. The molecule has 0 fully saturated rings. The minimum Gasteiger partial charge on any atom is -0.480 e. The number of nitrogens with zero attached hydrogens (tertiary/aromatic N) is 1. The van der Waals surface area contributed by atoms with Gasteiger partial charge in [-0.05, 0) is 26.2 Å². The predicted octanol–water partition coefficient (Wildman–Crippen LogP) is 2.71. The van der Waals surface area contributed by atoms with Crippen LogP contribution in [-0.4, -0.2) is 41.1 Å². The molecule has 0 aliphatic rings. The zero-order valence-electron chi connectivity index (χ0n) is 12.6. The molecule has 1 unspecified atom stereocenters. The average molecular weight is 272 g/mol. The van der Waals surface area contributed by atoms with Gasteiger partial charge in [0.2, 0.25) is 0 Å². The number of hydrogen-bond donors (Lipinski definition) is 2. The van der Waals surface area contributed by atoms with E-state index in [1.54, 1.807) is 0 Å². The van der Waals surface area contributed by atoms with Crippen LogP contribution in [0, 0.1) is 5.92 Å². The molecule has 0 rings (SSSR count). The van der Waals surface area contributed by atoms with E-state index < -0.39 is 5.97 Å². The van der Waals surface area contributed by atoms with Crippen LogP contribution in [0.1, 0.15) is 53.4 Å². The zero-order valence-corrected chi connectivity index (χ0v) is 12.6. The molecule has 1 atom stereocenters. The number of urea groups is 1. The minimum atomic E-state index is -0.984. The highest BCUT2D eigenvalue weighted by Crippen LogP contribution is 2.11. The molecule has 112 valence electrons. The Labute approximate surface area is 116 Å². The maximum Gasteiger partial charge on any atom is 0.323 e. The van der Waals surface area contributed by atoms with Crippen molar-refractivity contribution in [2.24, 2.45) is 5.92 Å². The van der Waals surface area contributed by atoms with Crippen molar-refractivity contribution in [3.63, 3.8) is 0 Å². The van der Waals surface area contributed by atoms with Gasteiger partial charge < -0.3 is 15.3 Å². The molecule has 0 bridgehead atoms. The molecule has 0 saturated carbocycles. The Morgan fingerprint density at radius 2 is 1.89 bits per heavy atom. The first-order valence-corrected chi connectivity index (χ1v) is 7.18. The number of rotatable bonds is 9. The summed E-state index contributed by atoms with van der Waals surface area (Å²) >= 11 is 0. The van der Waals surface area contributed by atoms with Crippen LogP contribution in [0.3, 0.4) is 0 Å². The van der Waals surface area contributed by atoms with E-state index in [-0.39, 0.29) is 18.6 Å². The SMILES string of the molecule is CCCCC(CC)CNC(=O)N(CC(=O)O)C(C)C. The fourth-order valence-electron chi connectivity index (χ4n) is 1.91. The summed E-state index contributed by atoms with van der Waals surface area (Å²) in [6.45, 7) is 8.27. The monoisotopic (exact) mass is 272 g/mol. The second kappa shape index (κ2) is 9.64. The van der Waals surface area contributed by atoms with E-state index in [1.165, 1.54) is 4.90 Å². The van der Waals surface area contributed by atoms with Crippen LogP contribution in [0.4, 0.5) is 4.79 Å². The van der Waals surface area contributed by atoms with Crippen LogP contribution in [0.15, 0.2) is 0 Å². The van der Waals surface area contributed by atoms with E-state index in [9.17, 15) is 9.59 Å². The normalized spacial score (nSPS) is 12.3. The summed E-state index contributed by atoms with van der Waals surface area (Å²) in [6, 6.07) is -0.404. The summed E-state index contributed by atoms with van der Waals surface area (Å²) in [4.78, 5) is 24.0. The van der Waals surface area contributed by atoms with Gasteiger partial charge in [0.15, 0.2) is 0 Å². The van der Waals surface area contributed by atoms with Crippen molar-refractivity contribution in [2.75, 3.05) is 13.1 Å². The number of aliphatic carboxylic acids is 1. The number of nitrogens with one attached hydrogen (secondary N) is 1. The standard InChI is InChI=1S/C14H28N2O3/c1-5-7-8-12(6-2)9-15-14(19)16(11(3)4)10-13(17)18/h11-12H,5-10H2,1-4H3,(H,15,19)(H,17,18). The van der Waals surface area contributed by atoms with Crippen molar-refractivity contribution < 1.29 is 14.7 Å². The van der Waals surface area contributed by atoms with E-state index in [1.807, 2.05) is 13.8 Å². The Balaban J connectivity index is 4.27. The molecule has 0 heterocycles. The third-order valence-electron chi connectivity index (χ3n) is 3.28. The fourth-order valence-corrected chi connectivity index (χ4v) is 1.91. The Bertz CT molecular complexity index is 280. The lowest BCUT2D eigenvalue weighted by Crippen LogP contribution is -2.47. The van der Waals surface area contributed by atoms with Gasteiger partial charge in [-0.15, -0.1) is 0 Å². The second-order valence-corrected chi connectivity index (χ2v) is 5.22. The van der Waals surface area contributed by atoms with Gasteiger partial charge in [0.05, 0.1) is 0 Å². The van der Waals surface area contributed by atoms with Crippen LogP contribution in [0.2, 0.25) is 0 Å². The number of carboxylic acid groups (broad SMARTS) is 1. The molecule has 0 aromatic heterocycles. The molecule has 19 heavy (non-hydrogen) atoms. The average Bonchev–Trinajstić information content (AvgIpc) is 2.35. The van der Waals surface area contributed by atoms with Crippen molar-refractivity contribution in [3.8, 4) is 0 Å². The molecule has 0 radical (unpaired) electrons. The zero-order chi connectivity index (χ0) is 14.8. The number of carbonyl (C=O) groups excluding carboxylic acids is 1. The van der Waals surface area contributed by atoms with E-state index in [2.05, 4.69) is 19.2 Å². The number of amides is 2. The molecule has 0 aromatic carbocycles. The molecule has 5 nitrogen and oxygen atoms in total. The lowest BCUT2D eigenvalue weighted by Gasteiger charge is -2.26. The van der Waals surface area contributed by atoms with Crippen molar-refractivity contribution in [3.05, 3.63) is 0 Å². The molecule has 0 saturated heterocycles. The van der Waals surface area contributed by atoms with Crippen molar-refractivity contribution >= 4 is 12.0 Å². The topological polar surface area (TPSA) is 69.6 Å². The number of carboxylic acids is 1. The van der Waals surface area contributed by atoms with Gasteiger partial charge in [-0.3, -0.25) is 4.79 Å². The van der Waals surface area contributed by atoms with Gasteiger partial charge >= 0.3 is 12.0 Å². The largest absolute Gasteiger partial charge is 0.480 e. The van der Waals surface area contributed by atoms with Crippen LogP contribution in [-0.2, 0) is 4.79 Å². The van der Waals surface area contributed by atoms with Gasteiger partial charge in [0.1, 0.15) is 6.54 Å². The highest BCUT2D eigenvalue weighted by atomic mass is 16.4. The minimum absolute atomic E-state index is 0.119. The Morgan fingerprint density at radius 3 is 2.32 bits per heavy atom. The molecule has 5 heteroatoms. The highest BCUT2D eigenvalue weighted by molar-refractivity contribution is 5.80. The van der Waals surface area contributed by atoms with Crippen molar-refractivity contribution in [1.29, 1.82) is 0 Å². The van der Waals surface area contributed by atoms with E-state index in [0.717, 1.165) is 25.7 Å². The van der Waals surface area contributed by atoms with Crippen LogP contribution >= 0.6 is 0 Å². The summed E-state index contributed by atoms with van der Waals surface area (Å²) in [5.41, 5.74) is 0. The van der Waals surface area contributed by atoms with Gasteiger partial charge in [0, 0.05) is 12.6 Å². The van der Waals surface area contributed by atoms with Crippen LogP contribution in [0.5, 0.6) is 0 Å². The lowest BCUT2D eigenvalue weighted by molar-refractivity contribution is -0.138. The first-order valence-electron chi connectivity index (χ1n) is 7.18. The summed E-state index contributed by atoms with van der Waals surface area (Å²) in [7, 11) is 0. The summed E-state index contributed by atoms with van der Waals surface area (Å²) < 4.78 is 0. The van der Waals surface area contributed by atoms with Crippen LogP contribution < -0.4 is 5.32 Å². The molecule has 0 aliphatic heterocycles. The lowest BCUT2D eigenvalue weighted by atomic mass is 9.99. The molecular weight excluding hydrogens is 244 g/mol. The third-order valence-corrected chi connectivity index (χ3v) is 3.28. The molecule has 2 N–H and O–H groups in total. The van der Waals surface area contributed by atoms with Gasteiger partial charge in [-0.2, -0.15) is 0 Å². The van der Waals surface area contributed by atoms with E-state index in [4.69, 9.17) is 5.11 Å². The molecular formula is C14H28N2O3. The Hall–Kier alpha value is -1.26. The maximum atomic E-state index is 12.0. The fraction of sp³-hybridized carbons (Fsp3) is 0.857. The Morgan fingerprint density at radius 1 is 1.26 bits per heavy atom. The van der Waals surface area contributed by atoms with Crippen molar-refractivity contribution in [1.82, 2.24) is 10.2 Å². The quantitative estimate of drug-likeness (QED) is 0.678. The van der Waals surface area contributed by atoms with Crippen LogP contribution in [0.25, 0.3) is 0 Å². The maximum absolute atomic E-state index is 12.0. The van der Waals surface area contributed by atoms with Gasteiger partial charge in [-0.1, -0.05) is 33.1 Å². The molecule has 2 amide bonds. The Kier molecular flexibility index (Phi) is 9.00. The first kappa shape index (κ1) is 17.7. The van der Waals surface area contributed by atoms with E-state index >= 15 is 0 Å². The molecule has 0 aromatic rings. The smallest absolute Gasteiger partial charge is 0.323 e. The number of carbonyl (C=O) groups is 2.